The van der Waals surface area contributed by atoms with Gasteiger partial charge in [-0.05, 0) is 61.1 Å². The predicted molar refractivity (Wildman–Crippen MR) is 103 cm³/mol. The molecular formula is C19H21N3O2S. The highest BCUT2D eigenvalue weighted by Gasteiger charge is 2.09. The number of hydrogen-bond acceptors (Lipinski definition) is 4. The molecule has 5 nitrogen and oxygen atoms in total. The first-order valence-corrected chi connectivity index (χ1v) is 9.03. The average molecular weight is 355 g/mol. The molecule has 2 aromatic rings. The zero-order valence-corrected chi connectivity index (χ0v) is 15.3. The average Bonchev–Trinajstić information content (AvgIpc) is 2.58. The Balaban J connectivity index is 1.81. The largest absolute Gasteiger partial charge is 0.326 e. The molecule has 2 N–H and O–H groups in total. The molecule has 0 heterocycles. The highest BCUT2D eigenvalue weighted by molar-refractivity contribution is 7.98. The number of thioether (sulfide) groups is 1. The summed E-state index contributed by atoms with van der Waals surface area (Å²) >= 11 is 1.66. The van der Waals surface area contributed by atoms with Crippen LogP contribution in [0, 0.1) is 13.8 Å². The fourth-order valence-electron chi connectivity index (χ4n) is 2.08. The van der Waals surface area contributed by atoms with Gasteiger partial charge in [-0.3, -0.25) is 9.59 Å². The SMILES string of the molecule is CSc1ccc(C=NNC(=O)CC(=O)Nc2ccc(C)c(C)c2)cc1. The molecule has 2 aromatic carbocycles. The van der Waals surface area contributed by atoms with Crippen LogP contribution in [-0.4, -0.2) is 24.3 Å². The van der Waals surface area contributed by atoms with E-state index >= 15 is 0 Å². The zero-order chi connectivity index (χ0) is 18.2. The van der Waals surface area contributed by atoms with Crippen molar-refractivity contribution >= 4 is 35.5 Å². The standard InChI is InChI=1S/C19H21N3O2S/c1-13-4-7-16(10-14(13)2)21-18(23)11-19(24)22-20-12-15-5-8-17(25-3)9-6-15/h4-10,12H,11H2,1-3H3,(H,21,23)(H,22,24). The number of nitrogens with zero attached hydrogens (tertiary/aromatic N) is 1. The molecule has 0 aliphatic rings. The van der Waals surface area contributed by atoms with Gasteiger partial charge in [-0.15, -0.1) is 11.8 Å². The zero-order valence-electron chi connectivity index (χ0n) is 14.5. The second kappa shape index (κ2) is 9.03. The lowest BCUT2D eigenvalue weighted by Gasteiger charge is -2.07. The van der Waals surface area contributed by atoms with Crippen LogP contribution in [0.25, 0.3) is 0 Å². The van der Waals surface area contributed by atoms with E-state index in [2.05, 4.69) is 15.8 Å². The van der Waals surface area contributed by atoms with Gasteiger partial charge in [0.05, 0.1) is 6.21 Å². The number of nitrogens with one attached hydrogen (secondary N) is 2. The molecule has 0 fully saturated rings. The molecule has 0 bridgehead atoms. The Morgan fingerprint density at radius 2 is 1.76 bits per heavy atom. The number of anilines is 1. The lowest BCUT2D eigenvalue weighted by atomic mass is 10.1. The summed E-state index contributed by atoms with van der Waals surface area (Å²) < 4.78 is 0. The van der Waals surface area contributed by atoms with Crippen LogP contribution in [0.4, 0.5) is 5.69 Å². The summed E-state index contributed by atoms with van der Waals surface area (Å²) in [6.07, 6.45) is 3.27. The van der Waals surface area contributed by atoms with Crippen LogP contribution in [0.3, 0.4) is 0 Å². The number of hydrazone groups is 1. The Bertz CT molecular complexity index is 786. The van der Waals surface area contributed by atoms with Gasteiger partial charge in [0, 0.05) is 10.6 Å². The minimum Gasteiger partial charge on any atom is -0.326 e. The van der Waals surface area contributed by atoms with E-state index in [0.717, 1.165) is 21.6 Å². The number of aryl methyl sites for hydroxylation is 2. The molecule has 0 radical (unpaired) electrons. The highest BCUT2D eigenvalue weighted by atomic mass is 32.2. The van der Waals surface area contributed by atoms with Crippen LogP contribution < -0.4 is 10.7 Å². The molecule has 0 unspecified atom stereocenters. The van der Waals surface area contributed by atoms with Crippen molar-refractivity contribution in [1.82, 2.24) is 5.43 Å². The van der Waals surface area contributed by atoms with Crippen LogP contribution in [0.15, 0.2) is 52.5 Å². The Kier molecular flexibility index (Phi) is 6.77. The number of carbonyl (C=O) groups is 2. The van der Waals surface area contributed by atoms with Gasteiger partial charge in [-0.2, -0.15) is 5.10 Å². The maximum atomic E-state index is 11.9. The molecule has 25 heavy (non-hydrogen) atoms. The van der Waals surface area contributed by atoms with Crippen molar-refractivity contribution in [2.45, 2.75) is 25.2 Å². The fourth-order valence-corrected chi connectivity index (χ4v) is 2.49. The molecule has 0 aromatic heterocycles. The van der Waals surface area contributed by atoms with Gasteiger partial charge in [-0.25, -0.2) is 5.43 Å². The van der Waals surface area contributed by atoms with E-state index in [-0.39, 0.29) is 12.3 Å². The van der Waals surface area contributed by atoms with E-state index in [1.165, 1.54) is 0 Å². The lowest BCUT2D eigenvalue weighted by molar-refractivity contribution is -0.126. The van der Waals surface area contributed by atoms with Crippen molar-refractivity contribution in [3.05, 3.63) is 59.2 Å². The summed E-state index contributed by atoms with van der Waals surface area (Å²) in [5, 5.41) is 6.58. The number of carbonyl (C=O) groups excluding carboxylic acids is 2. The van der Waals surface area contributed by atoms with E-state index in [9.17, 15) is 9.59 Å². The monoisotopic (exact) mass is 355 g/mol. The van der Waals surface area contributed by atoms with Crippen LogP contribution in [0.1, 0.15) is 23.1 Å². The molecule has 0 saturated heterocycles. The molecule has 0 spiro atoms. The van der Waals surface area contributed by atoms with Crippen molar-refractivity contribution < 1.29 is 9.59 Å². The van der Waals surface area contributed by atoms with Gasteiger partial charge < -0.3 is 5.32 Å². The Morgan fingerprint density at radius 3 is 2.40 bits per heavy atom. The lowest BCUT2D eigenvalue weighted by Crippen LogP contribution is -2.24. The molecule has 0 aliphatic carbocycles. The molecule has 2 amide bonds. The molecule has 0 aliphatic heterocycles. The smallest absolute Gasteiger partial charge is 0.249 e. The first-order valence-electron chi connectivity index (χ1n) is 7.81. The molecule has 0 atom stereocenters. The Morgan fingerprint density at radius 1 is 1.04 bits per heavy atom. The minimum absolute atomic E-state index is 0.282. The van der Waals surface area contributed by atoms with E-state index < -0.39 is 5.91 Å². The van der Waals surface area contributed by atoms with E-state index in [0.29, 0.717) is 5.69 Å². The van der Waals surface area contributed by atoms with Gasteiger partial charge in [0.15, 0.2) is 0 Å². The third kappa shape index (κ3) is 6.08. The molecular weight excluding hydrogens is 334 g/mol. The van der Waals surface area contributed by atoms with Gasteiger partial charge in [0.25, 0.3) is 0 Å². The van der Waals surface area contributed by atoms with Crippen molar-refractivity contribution in [3.8, 4) is 0 Å². The van der Waals surface area contributed by atoms with E-state index in [1.54, 1.807) is 18.0 Å². The van der Waals surface area contributed by atoms with Crippen molar-refractivity contribution in [2.75, 3.05) is 11.6 Å². The first-order chi connectivity index (χ1) is 12.0. The summed E-state index contributed by atoms with van der Waals surface area (Å²) in [6.45, 7) is 3.97. The topological polar surface area (TPSA) is 70.6 Å². The number of hydrogen-bond donors (Lipinski definition) is 2. The molecule has 0 saturated carbocycles. The van der Waals surface area contributed by atoms with Crippen molar-refractivity contribution in [1.29, 1.82) is 0 Å². The predicted octanol–water partition coefficient (Wildman–Crippen LogP) is 3.50. The van der Waals surface area contributed by atoms with Crippen LogP contribution in [0.5, 0.6) is 0 Å². The summed E-state index contributed by atoms with van der Waals surface area (Å²) in [4.78, 5) is 24.8. The van der Waals surface area contributed by atoms with Crippen molar-refractivity contribution in [3.63, 3.8) is 0 Å². The quantitative estimate of drug-likeness (QED) is 0.361. The Labute approximate surface area is 151 Å². The third-order valence-electron chi connectivity index (χ3n) is 3.63. The summed E-state index contributed by atoms with van der Waals surface area (Å²) in [6, 6.07) is 13.4. The van der Waals surface area contributed by atoms with Crippen LogP contribution >= 0.6 is 11.8 Å². The number of benzene rings is 2. The van der Waals surface area contributed by atoms with Gasteiger partial charge in [0.1, 0.15) is 6.42 Å². The minimum atomic E-state index is -0.460. The van der Waals surface area contributed by atoms with Crippen molar-refractivity contribution in [2.24, 2.45) is 5.10 Å². The maximum absolute atomic E-state index is 11.9. The summed E-state index contributed by atoms with van der Waals surface area (Å²) in [5.41, 5.74) is 6.14. The van der Waals surface area contributed by atoms with Gasteiger partial charge in [-0.1, -0.05) is 18.2 Å². The van der Waals surface area contributed by atoms with E-state index in [1.807, 2.05) is 62.6 Å². The normalized spacial score (nSPS) is 10.7. The van der Waals surface area contributed by atoms with Gasteiger partial charge >= 0.3 is 0 Å². The third-order valence-corrected chi connectivity index (χ3v) is 4.37. The second-order valence-corrected chi connectivity index (χ2v) is 6.47. The maximum Gasteiger partial charge on any atom is 0.249 e. The number of rotatable bonds is 6. The Hall–Kier alpha value is -2.60. The van der Waals surface area contributed by atoms with Crippen LogP contribution in [-0.2, 0) is 9.59 Å². The van der Waals surface area contributed by atoms with Gasteiger partial charge in [0.2, 0.25) is 11.8 Å². The molecule has 130 valence electrons. The second-order valence-electron chi connectivity index (χ2n) is 5.59. The van der Waals surface area contributed by atoms with E-state index in [4.69, 9.17) is 0 Å². The first kappa shape index (κ1) is 18.7. The molecule has 2 rings (SSSR count). The molecule has 6 heteroatoms. The highest BCUT2D eigenvalue weighted by Crippen LogP contribution is 2.15. The number of amides is 2. The summed E-state index contributed by atoms with van der Waals surface area (Å²) in [7, 11) is 0. The summed E-state index contributed by atoms with van der Waals surface area (Å²) in [5.74, 6) is -0.835. The van der Waals surface area contributed by atoms with Crippen LogP contribution in [0.2, 0.25) is 0 Å². The fraction of sp³-hybridized carbons (Fsp3) is 0.211.